The van der Waals surface area contributed by atoms with Crippen molar-refractivity contribution in [3.63, 3.8) is 0 Å². The van der Waals surface area contributed by atoms with Gasteiger partial charge in [0.05, 0.1) is 5.60 Å². The van der Waals surface area contributed by atoms with Gasteiger partial charge >= 0.3 is 0 Å². The van der Waals surface area contributed by atoms with Crippen LogP contribution in [0.15, 0.2) is 0 Å². The first-order chi connectivity index (χ1) is 4.29. The van der Waals surface area contributed by atoms with Gasteiger partial charge < -0.3 is 5.11 Å². The Labute approximate surface area is 56.1 Å². The van der Waals surface area contributed by atoms with Gasteiger partial charge in [0.1, 0.15) is 0 Å². The second-order valence-corrected chi connectivity index (χ2v) is 3.71. The fraction of sp³-hybridized carbons (Fsp3) is 1.00. The Morgan fingerprint density at radius 3 is 2.44 bits per heavy atom. The number of hydrogen-bond donors (Lipinski definition) is 1. The highest BCUT2D eigenvalue weighted by Gasteiger charge is 2.40. The summed E-state index contributed by atoms with van der Waals surface area (Å²) in [4.78, 5) is 0. The molecule has 0 spiro atoms. The lowest BCUT2D eigenvalue weighted by molar-refractivity contribution is 0.135. The van der Waals surface area contributed by atoms with Crippen molar-refractivity contribution in [2.75, 3.05) is 0 Å². The summed E-state index contributed by atoms with van der Waals surface area (Å²) >= 11 is 0. The SMILES string of the molecule is OC1(CCC2CC2)CC1. The molecular formula is C8H14O. The van der Waals surface area contributed by atoms with Crippen molar-refractivity contribution in [1.82, 2.24) is 0 Å². The van der Waals surface area contributed by atoms with E-state index in [1.54, 1.807) is 0 Å². The zero-order chi connectivity index (χ0) is 6.32. The fourth-order valence-corrected chi connectivity index (χ4v) is 1.27. The summed E-state index contributed by atoms with van der Waals surface area (Å²) in [6.07, 6.45) is 7.36. The van der Waals surface area contributed by atoms with Crippen LogP contribution in [-0.2, 0) is 0 Å². The van der Waals surface area contributed by atoms with E-state index in [4.69, 9.17) is 0 Å². The van der Waals surface area contributed by atoms with Crippen molar-refractivity contribution < 1.29 is 5.11 Å². The van der Waals surface area contributed by atoms with Crippen molar-refractivity contribution in [2.45, 2.75) is 44.1 Å². The lowest BCUT2D eigenvalue weighted by Crippen LogP contribution is -2.05. The lowest BCUT2D eigenvalue weighted by atomic mass is 10.1. The highest BCUT2D eigenvalue weighted by atomic mass is 16.3. The monoisotopic (exact) mass is 126 g/mol. The Morgan fingerprint density at radius 1 is 1.33 bits per heavy atom. The Kier molecular flexibility index (Phi) is 1.10. The third-order valence-electron chi connectivity index (χ3n) is 2.54. The molecule has 0 aromatic carbocycles. The Hall–Kier alpha value is -0.0400. The van der Waals surface area contributed by atoms with Gasteiger partial charge in [0.15, 0.2) is 0 Å². The van der Waals surface area contributed by atoms with E-state index in [9.17, 15) is 5.11 Å². The molecule has 0 unspecified atom stereocenters. The Bertz CT molecular complexity index is 112. The summed E-state index contributed by atoms with van der Waals surface area (Å²) in [5, 5.41) is 9.41. The smallest absolute Gasteiger partial charge is 0.0650 e. The molecule has 2 aliphatic carbocycles. The topological polar surface area (TPSA) is 20.2 Å². The van der Waals surface area contributed by atoms with E-state index in [1.165, 1.54) is 19.3 Å². The Morgan fingerprint density at radius 2 is 2.00 bits per heavy atom. The number of aliphatic hydroxyl groups is 1. The van der Waals surface area contributed by atoms with Gasteiger partial charge in [-0.25, -0.2) is 0 Å². The van der Waals surface area contributed by atoms with Gasteiger partial charge in [0, 0.05) is 0 Å². The van der Waals surface area contributed by atoms with Gasteiger partial charge in [-0.2, -0.15) is 0 Å². The van der Waals surface area contributed by atoms with E-state index >= 15 is 0 Å². The van der Waals surface area contributed by atoms with E-state index in [2.05, 4.69) is 0 Å². The predicted octanol–water partition coefficient (Wildman–Crippen LogP) is 1.70. The minimum atomic E-state index is -0.178. The molecule has 0 bridgehead atoms. The Balaban J connectivity index is 1.65. The quantitative estimate of drug-likeness (QED) is 0.610. The maximum atomic E-state index is 9.41. The van der Waals surface area contributed by atoms with Crippen LogP contribution in [0.25, 0.3) is 0 Å². The molecule has 0 aromatic rings. The van der Waals surface area contributed by atoms with Gasteiger partial charge in [0.25, 0.3) is 0 Å². The van der Waals surface area contributed by atoms with Gasteiger partial charge in [0.2, 0.25) is 0 Å². The molecule has 1 nitrogen and oxygen atoms in total. The van der Waals surface area contributed by atoms with Crippen LogP contribution in [0.4, 0.5) is 0 Å². The van der Waals surface area contributed by atoms with Crippen molar-refractivity contribution in [3.05, 3.63) is 0 Å². The summed E-state index contributed by atoms with van der Waals surface area (Å²) in [7, 11) is 0. The molecule has 0 saturated heterocycles. The largest absolute Gasteiger partial charge is 0.390 e. The summed E-state index contributed by atoms with van der Waals surface area (Å²) in [6.45, 7) is 0. The maximum absolute atomic E-state index is 9.41. The van der Waals surface area contributed by atoms with Crippen LogP contribution in [0.3, 0.4) is 0 Å². The van der Waals surface area contributed by atoms with Crippen molar-refractivity contribution in [1.29, 1.82) is 0 Å². The molecule has 2 saturated carbocycles. The van der Waals surface area contributed by atoms with Crippen LogP contribution in [0, 0.1) is 5.92 Å². The molecule has 52 valence electrons. The van der Waals surface area contributed by atoms with E-state index in [0.717, 1.165) is 25.2 Å². The third-order valence-corrected chi connectivity index (χ3v) is 2.54. The molecule has 1 N–H and O–H groups in total. The molecule has 2 aliphatic rings. The zero-order valence-electron chi connectivity index (χ0n) is 5.77. The summed E-state index contributed by atoms with van der Waals surface area (Å²) in [5.41, 5.74) is -0.178. The van der Waals surface area contributed by atoms with E-state index < -0.39 is 0 Å². The van der Waals surface area contributed by atoms with E-state index in [0.29, 0.717) is 0 Å². The van der Waals surface area contributed by atoms with Gasteiger partial charge in [-0.3, -0.25) is 0 Å². The first kappa shape index (κ1) is 5.72. The van der Waals surface area contributed by atoms with Gasteiger partial charge in [-0.15, -0.1) is 0 Å². The molecule has 9 heavy (non-hydrogen) atoms. The second kappa shape index (κ2) is 1.72. The van der Waals surface area contributed by atoms with Gasteiger partial charge in [-0.1, -0.05) is 12.8 Å². The molecule has 0 atom stereocenters. The van der Waals surface area contributed by atoms with Crippen molar-refractivity contribution in [2.24, 2.45) is 5.92 Å². The normalized spacial score (nSPS) is 30.3. The van der Waals surface area contributed by atoms with Crippen LogP contribution in [0.5, 0.6) is 0 Å². The third kappa shape index (κ3) is 1.45. The molecule has 0 aliphatic heterocycles. The lowest BCUT2D eigenvalue weighted by Gasteiger charge is -2.04. The first-order valence-corrected chi connectivity index (χ1v) is 4.01. The van der Waals surface area contributed by atoms with E-state index in [1.807, 2.05) is 0 Å². The van der Waals surface area contributed by atoms with E-state index in [-0.39, 0.29) is 5.60 Å². The molecule has 2 fully saturated rings. The summed E-state index contributed by atoms with van der Waals surface area (Å²) < 4.78 is 0. The standard InChI is InChI=1S/C8H14O/c9-8(5-6-8)4-3-7-1-2-7/h7,9H,1-6H2. The maximum Gasteiger partial charge on any atom is 0.0650 e. The van der Waals surface area contributed by atoms with Crippen molar-refractivity contribution in [3.8, 4) is 0 Å². The summed E-state index contributed by atoms with van der Waals surface area (Å²) in [6, 6.07) is 0. The molecule has 0 heterocycles. The van der Waals surface area contributed by atoms with Crippen LogP contribution >= 0.6 is 0 Å². The highest BCUT2D eigenvalue weighted by Crippen LogP contribution is 2.43. The minimum absolute atomic E-state index is 0.178. The second-order valence-electron chi connectivity index (χ2n) is 3.71. The summed E-state index contributed by atoms with van der Waals surface area (Å²) in [5.74, 6) is 0.995. The fourth-order valence-electron chi connectivity index (χ4n) is 1.27. The minimum Gasteiger partial charge on any atom is -0.390 e. The van der Waals surface area contributed by atoms with Gasteiger partial charge in [-0.05, 0) is 31.6 Å². The molecule has 0 aromatic heterocycles. The molecule has 2 rings (SSSR count). The molecule has 1 heteroatoms. The predicted molar refractivity (Wildman–Crippen MR) is 36.1 cm³/mol. The number of rotatable bonds is 3. The number of hydrogen-bond acceptors (Lipinski definition) is 1. The average Bonchev–Trinajstić information content (AvgIpc) is 2.58. The van der Waals surface area contributed by atoms with Crippen molar-refractivity contribution >= 4 is 0 Å². The van der Waals surface area contributed by atoms with Crippen LogP contribution in [-0.4, -0.2) is 10.7 Å². The average molecular weight is 126 g/mol. The first-order valence-electron chi connectivity index (χ1n) is 4.01. The van der Waals surface area contributed by atoms with Crippen LogP contribution < -0.4 is 0 Å². The van der Waals surface area contributed by atoms with Crippen LogP contribution in [0.1, 0.15) is 38.5 Å². The highest BCUT2D eigenvalue weighted by molar-refractivity contribution is 4.94. The molecule has 0 radical (unpaired) electrons. The zero-order valence-corrected chi connectivity index (χ0v) is 5.77. The molecular weight excluding hydrogens is 112 g/mol. The van der Waals surface area contributed by atoms with Crippen LogP contribution in [0.2, 0.25) is 0 Å². The molecule has 0 amide bonds.